The molecule has 0 amide bonds. The van der Waals surface area contributed by atoms with Crippen LogP contribution in [0, 0.1) is 26.8 Å². The molecule has 1 heterocycles. The summed E-state index contributed by atoms with van der Waals surface area (Å²) in [5.74, 6) is -3.75. The van der Waals surface area contributed by atoms with E-state index in [0.717, 1.165) is 11.6 Å². The molecule has 9 nitrogen and oxygen atoms in total. The number of hydrogen-bond donors (Lipinski definition) is 1. The third kappa shape index (κ3) is 6.79. The van der Waals surface area contributed by atoms with E-state index < -0.39 is 45.1 Å². The lowest BCUT2D eigenvalue weighted by molar-refractivity contribution is -0.387. The lowest BCUT2D eigenvalue weighted by Gasteiger charge is -2.41. The van der Waals surface area contributed by atoms with Crippen molar-refractivity contribution in [1.29, 1.82) is 0 Å². The van der Waals surface area contributed by atoms with Crippen molar-refractivity contribution in [3.63, 3.8) is 0 Å². The van der Waals surface area contributed by atoms with Gasteiger partial charge in [-0.3, -0.25) is 14.9 Å². The fourth-order valence-electron chi connectivity index (χ4n) is 5.26. The number of nitro groups is 1. The molecule has 0 saturated heterocycles. The lowest BCUT2D eigenvalue weighted by Crippen LogP contribution is -2.50. The van der Waals surface area contributed by atoms with Crippen LogP contribution >= 0.6 is 11.6 Å². The van der Waals surface area contributed by atoms with Crippen LogP contribution in [0.2, 0.25) is 5.02 Å². The number of carbonyl (C=O) groups excluding carboxylic acids is 2. The van der Waals surface area contributed by atoms with Crippen LogP contribution in [0.3, 0.4) is 0 Å². The largest absolute Gasteiger partial charge is 0.469 e. The maximum Gasteiger partial charge on any atom is 0.336 e. The Morgan fingerprint density at radius 3 is 2.58 bits per heavy atom. The Kier molecular flexibility index (Phi) is 9.58. The van der Waals surface area contributed by atoms with Crippen LogP contribution in [0.1, 0.15) is 44.7 Å². The van der Waals surface area contributed by atoms with Crippen LogP contribution in [0.5, 0.6) is 0 Å². The van der Waals surface area contributed by atoms with E-state index in [2.05, 4.69) is 10.2 Å². The number of esters is 2. The monoisotopic (exact) mass is 575 g/mol. The molecule has 11 heteroatoms. The van der Waals surface area contributed by atoms with E-state index in [-0.39, 0.29) is 24.3 Å². The van der Waals surface area contributed by atoms with E-state index in [1.54, 1.807) is 6.92 Å². The number of allylic oxidation sites excluding steroid dienone is 1. The highest BCUT2D eigenvalue weighted by Gasteiger charge is 2.51. The summed E-state index contributed by atoms with van der Waals surface area (Å²) >= 11 is 6.10. The zero-order chi connectivity index (χ0) is 29.8. The molecule has 2 aromatic rings. The molecular weight excluding hydrogens is 541 g/mol. The number of ether oxygens (including phenoxy) is 2. The van der Waals surface area contributed by atoms with Gasteiger partial charge in [0, 0.05) is 53.3 Å². The first-order chi connectivity index (χ1) is 18.7. The number of rotatable bonds is 10. The van der Waals surface area contributed by atoms with Crippen LogP contribution < -0.4 is 5.32 Å². The number of halogens is 2. The van der Waals surface area contributed by atoms with Crippen LogP contribution in [0.15, 0.2) is 53.7 Å². The number of nitrogens with one attached hydrogen (secondary N) is 1. The van der Waals surface area contributed by atoms with Gasteiger partial charge in [0.25, 0.3) is 0 Å². The fraction of sp³-hybridized carbons (Fsp3) is 0.448. The smallest absolute Gasteiger partial charge is 0.336 e. The van der Waals surface area contributed by atoms with Crippen molar-refractivity contribution in [2.45, 2.75) is 40.2 Å². The van der Waals surface area contributed by atoms with Crippen molar-refractivity contribution in [3.8, 4) is 0 Å². The van der Waals surface area contributed by atoms with Gasteiger partial charge in [0.2, 0.25) is 5.82 Å². The summed E-state index contributed by atoms with van der Waals surface area (Å²) in [4.78, 5) is 39.3. The zero-order valence-electron chi connectivity index (χ0n) is 23.5. The molecule has 2 aromatic carbocycles. The predicted molar refractivity (Wildman–Crippen MR) is 149 cm³/mol. The summed E-state index contributed by atoms with van der Waals surface area (Å²) in [6.45, 7) is 8.32. The van der Waals surface area contributed by atoms with Crippen molar-refractivity contribution in [1.82, 2.24) is 10.2 Å². The summed E-state index contributed by atoms with van der Waals surface area (Å²) in [5.41, 5.74) is -1.39. The summed E-state index contributed by atoms with van der Waals surface area (Å²) in [7, 11) is 3.14. The van der Waals surface area contributed by atoms with Crippen molar-refractivity contribution in [3.05, 3.63) is 85.8 Å². The molecule has 0 bridgehead atoms. The normalized spacial score (nSPS) is 19.3. The van der Waals surface area contributed by atoms with Gasteiger partial charge < -0.3 is 19.7 Å². The molecule has 0 aromatic heterocycles. The Bertz CT molecular complexity index is 1330. The average molecular weight is 576 g/mol. The van der Waals surface area contributed by atoms with Crippen LogP contribution in [-0.4, -0.2) is 55.6 Å². The Hall–Kier alpha value is -3.50. The Balaban J connectivity index is 1.88. The predicted octanol–water partition coefficient (Wildman–Crippen LogP) is 5.23. The van der Waals surface area contributed by atoms with Crippen molar-refractivity contribution in [2.24, 2.45) is 10.8 Å². The van der Waals surface area contributed by atoms with Gasteiger partial charge in [-0.1, -0.05) is 49.7 Å². The molecule has 0 fully saturated rings. The van der Waals surface area contributed by atoms with E-state index in [0.29, 0.717) is 23.8 Å². The van der Waals surface area contributed by atoms with E-state index in [4.69, 9.17) is 21.1 Å². The molecule has 216 valence electrons. The van der Waals surface area contributed by atoms with Gasteiger partial charge in [-0.2, -0.15) is 4.39 Å². The summed E-state index contributed by atoms with van der Waals surface area (Å²) in [6.07, 6.45) is 0. The third-order valence-electron chi connectivity index (χ3n) is 7.07. The zero-order valence-corrected chi connectivity index (χ0v) is 24.3. The van der Waals surface area contributed by atoms with E-state index in [1.807, 2.05) is 45.2 Å². The number of carbonyl (C=O) groups is 2. The highest BCUT2D eigenvalue weighted by molar-refractivity contribution is 6.30. The molecule has 0 aliphatic carbocycles. The number of benzene rings is 2. The van der Waals surface area contributed by atoms with Gasteiger partial charge in [-0.25, -0.2) is 4.79 Å². The number of nitro benzene ring substituents is 1. The summed E-state index contributed by atoms with van der Waals surface area (Å²) < 4.78 is 26.3. The minimum Gasteiger partial charge on any atom is -0.469 e. The van der Waals surface area contributed by atoms with E-state index >= 15 is 4.39 Å². The minimum atomic E-state index is -1.45. The van der Waals surface area contributed by atoms with Gasteiger partial charge >= 0.3 is 17.6 Å². The first-order valence-corrected chi connectivity index (χ1v) is 13.1. The Morgan fingerprint density at radius 2 is 1.95 bits per heavy atom. The Labute approximate surface area is 238 Å². The second kappa shape index (κ2) is 12.3. The maximum absolute atomic E-state index is 15.5. The van der Waals surface area contributed by atoms with Crippen molar-refractivity contribution in [2.75, 3.05) is 33.9 Å². The third-order valence-corrected chi connectivity index (χ3v) is 7.31. The van der Waals surface area contributed by atoms with E-state index in [1.165, 1.54) is 26.2 Å². The molecule has 0 spiro atoms. The molecule has 1 N–H and O–H groups in total. The molecule has 40 heavy (non-hydrogen) atoms. The molecule has 1 aliphatic rings. The molecule has 0 radical (unpaired) electrons. The molecular formula is C29H35ClFN3O6. The lowest BCUT2D eigenvalue weighted by atomic mass is 9.67. The maximum atomic E-state index is 15.5. The summed E-state index contributed by atoms with van der Waals surface area (Å²) in [6, 6.07) is 11.3. The standard InChI is InChI=1S/C29H35ClFN3O6/c1-18-23(26(35)40-17-28(2,3)16-33(5)14-19-9-7-10-20(30)13-19)24(29(4,15-32-18)27(36)39-6)21-11-8-12-22(25(21)31)34(37)38/h7-13,24,32H,14-17H2,1-6H3. The second-order valence-corrected chi connectivity index (χ2v) is 11.7. The second-order valence-electron chi connectivity index (χ2n) is 11.2. The van der Waals surface area contributed by atoms with Crippen molar-refractivity contribution >= 4 is 29.2 Å². The molecule has 2 atom stereocenters. The van der Waals surface area contributed by atoms with Crippen molar-refractivity contribution < 1.29 is 28.4 Å². The highest BCUT2D eigenvalue weighted by atomic mass is 35.5. The SMILES string of the molecule is COC(=O)C1(C)CNC(C)=C(C(=O)OCC(C)(C)CN(C)Cc2cccc(Cl)c2)C1c1cccc([N+](=O)[O-])c1F. The average Bonchev–Trinajstić information content (AvgIpc) is 2.87. The highest BCUT2D eigenvalue weighted by Crippen LogP contribution is 2.47. The van der Waals surface area contributed by atoms with Crippen LogP contribution in [-0.2, 0) is 25.6 Å². The number of methoxy groups -OCH3 is 1. The van der Waals surface area contributed by atoms with E-state index in [9.17, 15) is 19.7 Å². The van der Waals surface area contributed by atoms with Gasteiger partial charge in [-0.15, -0.1) is 0 Å². The van der Waals surface area contributed by atoms with Crippen LogP contribution in [0.25, 0.3) is 0 Å². The molecule has 1 aliphatic heterocycles. The summed E-state index contributed by atoms with van der Waals surface area (Å²) in [5, 5.41) is 15.2. The first-order valence-electron chi connectivity index (χ1n) is 12.8. The minimum absolute atomic E-state index is 0.0154. The van der Waals surface area contributed by atoms with Gasteiger partial charge in [0.15, 0.2) is 0 Å². The van der Waals surface area contributed by atoms with Gasteiger partial charge in [-0.05, 0) is 38.6 Å². The van der Waals surface area contributed by atoms with Gasteiger partial charge in [0.05, 0.1) is 29.6 Å². The molecule has 2 unspecified atom stereocenters. The topological polar surface area (TPSA) is 111 Å². The van der Waals surface area contributed by atoms with Gasteiger partial charge in [0.1, 0.15) is 0 Å². The molecule has 3 rings (SSSR count). The van der Waals surface area contributed by atoms with Crippen LogP contribution in [0.4, 0.5) is 10.1 Å². The quantitative estimate of drug-likeness (QED) is 0.233. The first kappa shape index (κ1) is 31.0. The number of hydrogen-bond acceptors (Lipinski definition) is 8. The Morgan fingerprint density at radius 1 is 1.27 bits per heavy atom. The fourth-order valence-corrected chi connectivity index (χ4v) is 5.47. The number of nitrogens with zero attached hydrogens (tertiary/aromatic N) is 2. The molecule has 0 saturated carbocycles.